The summed E-state index contributed by atoms with van der Waals surface area (Å²) in [5, 5.41) is 3.07. The highest BCUT2D eigenvalue weighted by atomic mass is 32.2. The lowest BCUT2D eigenvalue weighted by Crippen LogP contribution is -2.51. The predicted octanol–water partition coefficient (Wildman–Crippen LogP) is -2.39. The number of carbonyl (C=O) groups is 2. The van der Waals surface area contributed by atoms with E-state index in [0.29, 0.717) is 26.2 Å². The Kier molecular flexibility index (Phi) is 5.31. The Balaban J connectivity index is 2.39. The van der Waals surface area contributed by atoms with Gasteiger partial charge in [-0.25, -0.2) is 9.52 Å². The monoisotopic (exact) mass is 280 g/mol. The third-order valence-corrected chi connectivity index (χ3v) is 3.25. The molecule has 1 aliphatic rings. The molecule has 0 saturated carbocycles. The van der Waals surface area contributed by atoms with Gasteiger partial charge < -0.3 is 15.0 Å². The summed E-state index contributed by atoms with van der Waals surface area (Å²) in [6.45, 7) is 2.03. The Hall–Kier alpha value is -1.39. The van der Waals surface area contributed by atoms with Crippen LogP contribution in [-0.4, -0.2) is 65.2 Å². The van der Waals surface area contributed by atoms with Crippen LogP contribution in [-0.2, 0) is 19.7 Å². The fourth-order valence-electron chi connectivity index (χ4n) is 1.37. The van der Waals surface area contributed by atoms with Crippen LogP contribution < -0.4 is 14.8 Å². The zero-order valence-electron chi connectivity index (χ0n) is 9.93. The highest BCUT2D eigenvalue weighted by Gasteiger charge is 2.20. The minimum atomic E-state index is -4.06. The van der Waals surface area contributed by atoms with Crippen LogP contribution in [0.3, 0.4) is 0 Å². The zero-order valence-corrected chi connectivity index (χ0v) is 10.7. The number of carbonyl (C=O) groups excluding carboxylic acids is 2. The Bertz CT molecular complexity index is 404. The second-order valence-electron chi connectivity index (χ2n) is 3.55. The molecule has 1 saturated heterocycles. The first-order valence-corrected chi connectivity index (χ1v) is 6.77. The van der Waals surface area contributed by atoms with Gasteiger partial charge in [0.25, 0.3) is 0 Å². The standard InChI is InChI=1S/C8H16N4O5S/c1-17-8(14)11-18(15,16)10-6-7(13)12-4-2-9-3-5-12/h9-10H,2-6H2,1H3,(H,11,14). The number of amides is 2. The molecule has 0 atom stereocenters. The fourth-order valence-corrected chi connectivity index (χ4v) is 2.06. The van der Waals surface area contributed by atoms with Crippen molar-refractivity contribution in [1.29, 1.82) is 0 Å². The number of rotatable bonds is 4. The van der Waals surface area contributed by atoms with Crippen LogP contribution in [0.5, 0.6) is 0 Å². The van der Waals surface area contributed by atoms with Crippen molar-refractivity contribution in [3.63, 3.8) is 0 Å². The molecule has 104 valence electrons. The Morgan fingerprint density at radius 2 is 1.94 bits per heavy atom. The first kappa shape index (κ1) is 14.7. The maximum absolute atomic E-state index is 11.6. The van der Waals surface area contributed by atoms with Crippen LogP contribution in [0, 0.1) is 0 Å². The quantitative estimate of drug-likeness (QED) is 0.529. The van der Waals surface area contributed by atoms with Gasteiger partial charge in [0.15, 0.2) is 0 Å². The minimum absolute atomic E-state index is 0.341. The summed E-state index contributed by atoms with van der Waals surface area (Å²) >= 11 is 0. The van der Waals surface area contributed by atoms with E-state index in [1.54, 1.807) is 4.72 Å². The Morgan fingerprint density at radius 3 is 2.50 bits per heavy atom. The van der Waals surface area contributed by atoms with Crippen molar-refractivity contribution in [2.75, 3.05) is 39.8 Å². The SMILES string of the molecule is COC(=O)NS(=O)(=O)NCC(=O)N1CCNCC1. The molecule has 0 aromatic carbocycles. The highest BCUT2D eigenvalue weighted by Crippen LogP contribution is 1.92. The number of hydrogen-bond donors (Lipinski definition) is 3. The molecule has 2 amide bonds. The van der Waals surface area contributed by atoms with Crippen molar-refractivity contribution in [1.82, 2.24) is 19.7 Å². The van der Waals surface area contributed by atoms with E-state index >= 15 is 0 Å². The lowest BCUT2D eigenvalue weighted by Gasteiger charge is -2.27. The van der Waals surface area contributed by atoms with Crippen LogP contribution in [0.1, 0.15) is 0 Å². The molecule has 3 N–H and O–H groups in total. The van der Waals surface area contributed by atoms with E-state index in [2.05, 4.69) is 10.1 Å². The molecule has 0 spiro atoms. The molecule has 18 heavy (non-hydrogen) atoms. The maximum Gasteiger partial charge on any atom is 0.421 e. The van der Waals surface area contributed by atoms with Crippen LogP contribution in [0.25, 0.3) is 0 Å². The van der Waals surface area contributed by atoms with Gasteiger partial charge in [0.2, 0.25) is 5.91 Å². The first-order valence-electron chi connectivity index (χ1n) is 5.28. The molecule has 1 heterocycles. The molecule has 9 nitrogen and oxygen atoms in total. The average Bonchev–Trinajstić information content (AvgIpc) is 2.36. The largest absolute Gasteiger partial charge is 0.452 e. The van der Waals surface area contributed by atoms with E-state index in [1.807, 2.05) is 4.72 Å². The normalized spacial score (nSPS) is 16.2. The Morgan fingerprint density at radius 1 is 1.33 bits per heavy atom. The topological polar surface area (TPSA) is 117 Å². The summed E-state index contributed by atoms with van der Waals surface area (Å²) in [5.74, 6) is -0.341. The summed E-state index contributed by atoms with van der Waals surface area (Å²) < 4.78 is 30.2. The zero-order chi connectivity index (χ0) is 13.6. The van der Waals surface area contributed by atoms with Crippen molar-refractivity contribution in [3.8, 4) is 0 Å². The molecular formula is C8H16N4O5S. The molecule has 0 aliphatic carbocycles. The van der Waals surface area contributed by atoms with Gasteiger partial charge in [-0.15, -0.1) is 0 Å². The smallest absolute Gasteiger partial charge is 0.421 e. The van der Waals surface area contributed by atoms with E-state index in [1.165, 1.54) is 4.90 Å². The summed E-state index contributed by atoms with van der Waals surface area (Å²) in [7, 11) is -3.03. The first-order chi connectivity index (χ1) is 8.44. The third-order valence-electron chi connectivity index (χ3n) is 2.29. The predicted molar refractivity (Wildman–Crippen MR) is 61.9 cm³/mol. The van der Waals surface area contributed by atoms with E-state index in [-0.39, 0.29) is 5.91 Å². The second kappa shape index (κ2) is 6.52. The van der Waals surface area contributed by atoms with E-state index in [9.17, 15) is 18.0 Å². The van der Waals surface area contributed by atoms with Gasteiger partial charge in [0.1, 0.15) is 0 Å². The van der Waals surface area contributed by atoms with Gasteiger partial charge in [-0.3, -0.25) is 4.79 Å². The molecular weight excluding hydrogens is 264 g/mol. The van der Waals surface area contributed by atoms with Crippen LogP contribution in [0.15, 0.2) is 0 Å². The van der Waals surface area contributed by atoms with Crippen molar-refractivity contribution in [2.24, 2.45) is 0 Å². The van der Waals surface area contributed by atoms with Crippen LogP contribution in [0.2, 0.25) is 0 Å². The lowest BCUT2D eigenvalue weighted by molar-refractivity contribution is -0.130. The van der Waals surface area contributed by atoms with Crippen molar-refractivity contribution in [3.05, 3.63) is 0 Å². The minimum Gasteiger partial charge on any atom is -0.452 e. The summed E-state index contributed by atoms with van der Waals surface area (Å²) in [4.78, 5) is 23.9. The number of methoxy groups -OCH3 is 1. The summed E-state index contributed by atoms with van der Waals surface area (Å²) in [6.07, 6.45) is -1.11. The molecule has 10 heteroatoms. The van der Waals surface area contributed by atoms with Gasteiger partial charge in [-0.1, -0.05) is 0 Å². The third kappa shape index (κ3) is 4.85. The number of ether oxygens (including phenoxy) is 1. The van der Waals surface area contributed by atoms with Gasteiger partial charge in [0.05, 0.1) is 13.7 Å². The molecule has 0 radical (unpaired) electrons. The van der Waals surface area contributed by atoms with Crippen molar-refractivity contribution in [2.45, 2.75) is 0 Å². The maximum atomic E-state index is 11.6. The van der Waals surface area contributed by atoms with Crippen LogP contribution >= 0.6 is 0 Å². The summed E-state index contributed by atoms with van der Waals surface area (Å²) in [5.41, 5.74) is 0. The van der Waals surface area contributed by atoms with Gasteiger partial charge >= 0.3 is 16.3 Å². The molecule has 1 rings (SSSR count). The lowest BCUT2D eigenvalue weighted by atomic mass is 10.3. The van der Waals surface area contributed by atoms with E-state index < -0.39 is 22.8 Å². The molecule has 1 fully saturated rings. The second-order valence-corrected chi connectivity index (χ2v) is 5.05. The number of piperazine rings is 1. The Labute approximate surface area is 105 Å². The van der Waals surface area contributed by atoms with E-state index in [4.69, 9.17) is 0 Å². The fraction of sp³-hybridized carbons (Fsp3) is 0.750. The summed E-state index contributed by atoms with van der Waals surface area (Å²) in [6, 6.07) is 0. The van der Waals surface area contributed by atoms with Crippen molar-refractivity contribution < 1.29 is 22.7 Å². The molecule has 0 aromatic rings. The van der Waals surface area contributed by atoms with Gasteiger partial charge in [0, 0.05) is 26.2 Å². The molecule has 0 aromatic heterocycles. The molecule has 1 aliphatic heterocycles. The molecule has 0 bridgehead atoms. The highest BCUT2D eigenvalue weighted by molar-refractivity contribution is 7.88. The van der Waals surface area contributed by atoms with Gasteiger partial charge in [-0.2, -0.15) is 13.1 Å². The van der Waals surface area contributed by atoms with Crippen molar-refractivity contribution >= 4 is 22.2 Å². The van der Waals surface area contributed by atoms with Gasteiger partial charge in [-0.05, 0) is 0 Å². The molecule has 0 unspecified atom stereocenters. The number of nitrogens with one attached hydrogen (secondary N) is 3. The average molecular weight is 280 g/mol. The number of nitrogens with zero attached hydrogens (tertiary/aromatic N) is 1. The van der Waals surface area contributed by atoms with Crippen LogP contribution in [0.4, 0.5) is 4.79 Å². The number of hydrogen-bond acceptors (Lipinski definition) is 6. The van der Waals surface area contributed by atoms with E-state index in [0.717, 1.165) is 7.11 Å².